The van der Waals surface area contributed by atoms with Gasteiger partial charge >= 0.3 is 0 Å². The fraction of sp³-hybridized carbons (Fsp3) is 0.353. The number of nitrogens with zero attached hydrogens (tertiary/aromatic N) is 3. The lowest BCUT2D eigenvalue weighted by atomic mass is 9.94. The van der Waals surface area contributed by atoms with Crippen molar-refractivity contribution in [2.75, 3.05) is 31.1 Å². The second-order valence-electron chi connectivity index (χ2n) is 11.2. The lowest BCUT2D eigenvalue weighted by molar-refractivity contribution is -0.114. The number of amides is 2. The molecule has 6 heteroatoms. The Kier molecular flexibility index (Phi) is 8.08. The van der Waals surface area contributed by atoms with Crippen molar-refractivity contribution in [1.82, 2.24) is 9.80 Å². The summed E-state index contributed by atoms with van der Waals surface area (Å²) in [6.45, 7) is 6.13. The molecule has 2 amide bonds. The number of benzene rings is 3. The lowest BCUT2D eigenvalue weighted by Gasteiger charge is -2.40. The number of piperazine rings is 1. The molecule has 2 fully saturated rings. The van der Waals surface area contributed by atoms with E-state index in [0.29, 0.717) is 23.1 Å². The van der Waals surface area contributed by atoms with Crippen molar-refractivity contribution in [2.45, 2.75) is 56.5 Å². The number of rotatable bonds is 5. The predicted octanol–water partition coefficient (Wildman–Crippen LogP) is 6.77. The van der Waals surface area contributed by atoms with E-state index >= 15 is 0 Å². The van der Waals surface area contributed by atoms with Crippen molar-refractivity contribution in [3.8, 4) is 0 Å². The van der Waals surface area contributed by atoms with E-state index in [2.05, 4.69) is 36.1 Å². The number of hydrogen-bond acceptors (Lipinski definition) is 4. The van der Waals surface area contributed by atoms with E-state index < -0.39 is 0 Å². The van der Waals surface area contributed by atoms with E-state index in [1.54, 1.807) is 0 Å². The number of fused-ring (bicyclic) bond motifs is 1. The number of aryl methyl sites for hydroxylation is 1. The average Bonchev–Trinajstić information content (AvgIpc) is 3.00. The fourth-order valence-electron chi connectivity index (χ4n) is 6.20. The van der Waals surface area contributed by atoms with E-state index in [1.165, 1.54) is 49.4 Å². The molecule has 2 heterocycles. The Hall–Kier alpha value is -3.35. The molecule has 0 aromatic heterocycles. The molecule has 0 bridgehead atoms. The Morgan fingerprint density at radius 3 is 2.40 bits per heavy atom. The molecule has 5 nitrogen and oxygen atoms in total. The predicted molar refractivity (Wildman–Crippen MR) is 163 cm³/mol. The highest BCUT2D eigenvalue weighted by Crippen LogP contribution is 2.42. The van der Waals surface area contributed by atoms with Crippen LogP contribution in [0.3, 0.4) is 0 Å². The van der Waals surface area contributed by atoms with Crippen LogP contribution in [0.2, 0.25) is 0 Å². The summed E-state index contributed by atoms with van der Waals surface area (Å²) in [6.07, 6.45) is 8.61. The Bertz CT molecular complexity index is 1400. The van der Waals surface area contributed by atoms with E-state index in [0.717, 1.165) is 47.9 Å². The van der Waals surface area contributed by atoms with Gasteiger partial charge in [0.05, 0.1) is 17.1 Å². The first-order chi connectivity index (χ1) is 19.5. The van der Waals surface area contributed by atoms with Gasteiger partial charge in [0.25, 0.3) is 11.8 Å². The number of para-hydroxylation sites is 1. The van der Waals surface area contributed by atoms with Crippen molar-refractivity contribution < 1.29 is 9.59 Å². The van der Waals surface area contributed by atoms with Crippen LogP contribution in [0.5, 0.6) is 0 Å². The van der Waals surface area contributed by atoms with Gasteiger partial charge in [0.2, 0.25) is 0 Å². The van der Waals surface area contributed by atoms with Crippen LogP contribution in [0, 0.1) is 6.92 Å². The van der Waals surface area contributed by atoms with Crippen molar-refractivity contribution in [3.05, 3.63) is 100.0 Å². The van der Waals surface area contributed by atoms with Crippen LogP contribution in [-0.2, 0) is 11.3 Å². The molecule has 0 radical (unpaired) electrons. The van der Waals surface area contributed by atoms with E-state index in [9.17, 15) is 9.59 Å². The van der Waals surface area contributed by atoms with Gasteiger partial charge in [-0.25, -0.2) is 0 Å². The van der Waals surface area contributed by atoms with Crippen molar-refractivity contribution in [2.24, 2.45) is 0 Å². The second-order valence-corrected chi connectivity index (χ2v) is 12.3. The first-order valence-electron chi connectivity index (χ1n) is 14.5. The minimum absolute atomic E-state index is 0.00111. The molecule has 0 atom stereocenters. The highest BCUT2D eigenvalue weighted by Gasteiger charge is 2.30. The second kappa shape index (κ2) is 12.0. The third-order valence-corrected chi connectivity index (χ3v) is 9.48. The molecule has 1 saturated carbocycles. The summed E-state index contributed by atoms with van der Waals surface area (Å²) in [7, 11) is 0. The molecule has 6 rings (SSSR count). The SMILES string of the molecule is Cc1cccc(CN2C(=O)/C(=C\c3ccc(C(=O)N4CCN(C5CCCCC5)CC4)cc3)Sc3ccccc32)c1. The minimum Gasteiger partial charge on any atom is -0.336 e. The van der Waals surface area contributed by atoms with Crippen molar-refractivity contribution in [3.63, 3.8) is 0 Å². The largest absolute Gasteiger partial charge is 0.336 e. The number of carbonyl (C=O) groups excluding carboxylic acids is 2. The van der Waals surface area contributed by atoms with Crippen LogP contribution < -0.4 is 4.90 Å². The summed E-state index contributed by atoms with van der Waals surface area (Å²) in [4.78, 5) is 35.1. The Labute approximate surface area is 241 Å². The zero-order valence-electron chi connectivity index (χ0n) is 23.2. The van der Waals surface area contributed by atoms with E-state index in [-0.39, 0.29) is 11.8 Å². The molecular weight excluding hydrogens is 514 g/mol. The Morgan fingerprint density at radius 1 is 0.900 bits per heavy atom. The molecule has 3 aromatic rings. The summed E-state index contributed by atoms with van der Waals surface area (Å²) < 4.78 is 0. The Balaban J connectivity index is 1.15. The summed E-state index contributed by atoms with van der Waals surface area (Å²) in [6, 6.07) is 24.8. The molecule has 0 spiro atoms. The maximum atomic E-state index is 13.7. The number of hydrogen-bond donors (Lipinski definition) is 0. The molecule has 206 valence electrons. The maximum absolute atomic E-state index is 13.7. The van der Waals surface area contributed by atoms with Crippen molar-refractivity contribution >= 4 is 35.3 Å². The third kappa shape index (κ3) is 5.89. The van der Waals surface area contributed by atoms with E-state index in [1.807, 2.05) is 64.4 Å². The van der Waals surface area contributed by atoms with Crippen molar-refractivity contribution in [1.29, 1.82) is 0 Å². The van der Waals surface area contributed by atoms with Crippen LogP contribution in [0.25, 0.3) is 6.08 Å². The van der Waals surface area contributed by atoms with Gasteiger partial charge in [-0.15, -0.1) is 0 Å². The lowest BCUT2D eigenvalue weighted by Crippen LogP contribution is -2.52. The normalized spacial score (nSPS) is 19.6. The van der Waals surface area contributed by atoms with Crippen LogP contribution in [0.1, 0.15) is 59.2 Å². The van der Waals surface area contributed by atoms with Gasteiger partial charge in [-0.3, -0.25) is 14.5 Å². The summed E-state index contributed by atoms with van der Waals surface area (Å²) in [5.74, 6) is 0.102. The van der Waals surface area contributed by atoms with E-state index in [4.69, 9.17) is 0 Å². The summed E-state index contributed by atoms with van der Waals surface area (Å²) in [5, 5.41) is 0. The van der Waals surface area contributed by atoms with Crippen LogP contribution in [0.4, 0.5) is 5.69 Å². The molecule has 1 aliphatic carbocycles. The number of carbonyl (C=O) groups is 2. The van der Waals surface area contributed by atoms with Gasteiger partial charge in [-0.05, 0) is 61.2 Å². The smallest absolute Gasteiger partial charge is 0.265 e. The standard InChI is InChI=1S/C34H37N3O2S/c1-25-8-7-9-27(22-25)24-37-30-12-5-6-13-31(30)40-32(34(37)39)23-26-14-16-28(17-15-26)33(38)36-20-18-35(19-21-36)29-10-3-2-4-11-29/h5-9,12-17,22-23,29H,2-4,10-11,18-21,24H2,1H3/b32-23+. The first-order valence-corrected chi connectivity index (χ1v) is 15.4. The summed E-state index contributed by atoms with van der Waals surface area (Å²) in [5.41, 5.74) is 4.87. The van der Waals surface area contributed by atoms with Gasteiger partial charge in [0.1, 0.15) is 0 Å². The zero-order chi connectivity index (χ0) is 27.5. The fourth-order valence-corrected chi connectivity index (χ4v) is 7.26. The average molecular weight is 552 g/mol. The topological polar surface area (TPSA) is 43.9 Å². The summed E-state index contributed by atoms with van der Waals surface area (Å²) >= 11 is 1.51. The quantitative estimate of drug-likeness (QED) is 0.329. The number of thioether (sulfide) groups is 1. The van der Waals surface area contributed by atoms with Gasteiger partial charge in [0.15, 0.2) is 0 Å². The Morgan fingerprint density at radius 2 is 1.65 bits per heavy atom. The molecule has 1 saturated heterocycles. The molecule has 0 unspecified atom stereocenters. The molecule has 3 aliphatic rings. The maximum Gasteiger partial charge on any atom is 0.265 e. The molecule has 3 aromatic carbocycles. The minimum atomic E-state index is 0.00111. The first kappa shape index (κ1) is 26.9. The van der Waals surface area contributed by atoms with Crippen LogP contribution >= 0.6 is 11.8 Å². The third-order valence-electron chi connectivity index (χ3n) is 8.40. The van der Waals surface area contributed by atoms with Gasteiger partial charge in [-0.1, -0.05) is 85.1 Å². The molecule has 40 heavy (non-hydrogen) atoms. The van der Waals surface area contributed by atoms with Gasteiger partial charge in [0, 0.05) is 42.7 Å². The highest BCUT2D eigenvalue weighted by atomic mass is 32.2. The highest BCUT2D eigenvalue weighted by molar-refractivity contribution is 8.04. The van der Waals surface area contributed by atoms with Crippen LogP contribution in [0.15, 0.2) is 82.6 Å². The molecule has 0 N–H and O–H groups in total. The van der Waals surface area contributed by atoms with Gasteiger partial charge < -0.3 is 9.80 Å². The zero-order valence-corrected chi connectivity index (χ0v) is 24.0. The number of anilines is 1. The van der Waals surface area contributed by atoms with Gasteiger partial charge in [-0.2, -0.15) is 0 Å². The monoisotopic (exact) mass is 551 g/mol. The molecule has 2 aliphatic heterocycles. The van der Waals surface area contributed by atoms with Crippen LogP contribution in [-0.4, -0.2) is 53.8 Å². The molecular formula is C34H37N3O2S.